The first-order valence-corrected chi connectivity index (χ1v) is 6.26. The van der Waals surface area contributed by atoms with Crippen molar-refractivity contribution in [3.05, 3.63) is 54.6 Å². The van der Waals surface area contributed by atoms with E-state index in [1.54, 1.807) is 24.3 Å². The Labute approximate surface area is 116 Å². The van der Waals surface area contributed by atoms with Gasteiger partial charge in [0.15, 0.2) is 0 Å². The third-order valence-corrected chi connectivity index (χ3v) is 3.04. The Kier molecular flexibility index (Phi) is 3.09. The van der Waals surface area contributed by atoms with Crippen LogP contribution in [0.15, 0.2) is 54.6 Å². The average molecular weight is 267 g/mol. The molecule has 20 heavy (non-hydrogen) atoms. The van der Waals surface area contributed by atoms with Crippen molar-refractivity contribution in [2.45, 2.75) is 0 Å². The molecule has 0 aromatic heterocycles. The SMILES string of the molecule is O=C1CN(C(=O)Nc2ccccc2)c2ccccc2N1. The monoisotopic (exact) mass is 267 g/mol. The zero-order chi connectivity index (χ0) is 13.9. The van der Waals surface area contributed by atoms with E-state index in [1.807, 2.05) is 30.3 Å². The van der Waals surface area contributed by atoms with Gasteiger partial charge < -0.3 is 10.6 Å². The number of hydrogen-bond acceptors (Lipinski definition) is 2. The molecule has 0 fully saturated rings. The molecule has 5 heteroatoms. The number of hydrogen-bond donors (Lipinski definition) is 2. The Morgan fingerprint density at radius 2 is 1.75 bits per heavy atom. The number of amides is 3. The number of urea groups is 1. The van der Waals surface area contributed by atoms with E-state index in [0.717, 1.165) is 0 Å². The fourth-order valence-corrected chi connectivity index (χ4v) is 2.13. The van der Waals surface area contributed by atoms with Crippen molar-refractivity contribution in [3.8, 4) is 0 Å². The van der Waals surface area contributed by atoms with E-state index in [4.69, 9.17) is 0 Å². The van der Waals surface area contributed by atoms with Gasteiger partial charge in [-0.2, -0.15) is 0 Å². The van der Waals surface area contributed by atoms with Crippen molar-refractivity contribution in [1.29, 1.82) is 0 Å². The zero-order valence-corrected chi connectivity index (χ0v) is 10.7. The molecule has 2 aromatic rings. The number of anilines is 3. The summed E-state index contributed by atoms with van der Waals surface area (Å²) in [5, 5.41) is 5.53. The van der Waals surface area contributed by atoms with Gasteiger partial charge in [-0.25, -0.2) is 4.79 Å². The summed E-state index contributed by atoms with van der Waals surface area (Å²) in [5.41, 5.74) is 2.04. The Morgan fingerprint density at radius 1 is 1.05 bits per heavy atom. The van der Waals surface area contributed by atoms with E-state index in [-0.39, 0.29) is 18.5 Å². The first-order valence-electron chi connectivity index (χ1n) is 6.26. The van der Waals surface area contributed by atoms with Gasteiger partial charge in [0.25, 0.3) is 0 Å². The molecule has 3 rings (SSSR count). The minimum Gasteiger partial charge on any atom is -0.323 e. The molecule has 100 valence electrons. The van der Waals surface area contributed by atoms with Gasteiger partial charge in [-0.1, -0.05) is 30.3 Å². The molecule has 1 aliphatic rings. The third kappa shape index (κ3) is 2.33. The number of carbonyl (C=O) groups excluding carboxylic acids is 2. The van der Waals surface area contributed by atoms with Crippen LogP contribution in [-0.2, 0) is 4.79 Å². The number of benzene rings is 2. The minimum absolute atomic E-state index is 0.00960. The van der Waals surface area contributed by atoms with Crippen molar-refractivity contribution in [2.24, 2.45) is 0 Å². The van der Waals surface area contributed by atoms with Crippen LogP contribution in [0.4, 0.5) is 21.9 Å². The van der Waals surface area contributed by atoms with Gasteiger partial charge in [0.1, 0.15) is 6.54 Å². The molecule has 0 atom stereocenters. The number of nitrogens with one attached hydrogen (secondary N) is 2. The second-order valence-electron chi connectivity index (χ2n) is 4.45. The molecule has 2 aromatic carbocycles. The van der Waals surface area contributed by atoms with E-state index in [9.17, 15) is 9.59 Å². The molecule has 0 radical (unpaired) electrons. The number of rotatable bonds is 1. The zero-order valence-electron chi connectivity index (χ0n) is 10.7. The number of nitrogens with zero attached hydrogens (tertiary/aromatic N) is 1. The molecule has 3 amide bonds. The summed E-state index contributed by atoms with van der Waals surface area (Å²) >= 11 is 0. The first kappa shape index (κ1) is 12.2. The van der Waals surface area contributed by atoms with Crippen molar-refractivity contribution in [1.82, 2.24) is 0 Å². The summed E-state index contributed by atoms with van der Waals surface area (Å²) in [6, 6.07) is 16.1. The molecule has 1 aliphatic heterocycles. The summed E-state index contributed by atoms with van der Waals surface area (Å²) < 4.78 is 0. The van der Waals surface area contributed by atoms with Gasteiger partial charge in [0, 0.05) is 5.69 Å². The van der Waals surface area contributed by atoms with Crippen molar-refractivity contribution >= 4 is 29.0 Å². The highest BCUT2D eigenvalue weighted by Crippen LogP contribution is 2.29. The van der Waals surface area contributed by atoms with E-state index in [0.29, 0.717) is 17.1 Å². The molecule has 0 spiro atoms. The normalized spacial score (nSPS) is 13.4. The Balaban J connectivity index is 1.87. The summed E-state index contributed by atoms with van der Waals surface area (Å²) in [6.45, 7) is 0.00960. The van der Waals surface area contributed by atoms with Crippen LogP contribution in [0.2, 0.25) is 0 Å². The lowest BCUT2D eigenvalue weighted by Gasteiger charge is -2.29. The quantitative estimate of drug-likeness (QED) is 0.834. The third-order valence-electron chi connectivity index (χ3n) is 3.04. The molecule has 0 saturated carbocycles. The smallest absolute Gasteiger partial charge is 0.323 e. The largest absolute Gasteiger partial charge is 0.326 e. The molecule has 0 saturated heterocycles. The number of fused-ring (bicyclic) bond motifs is 1. The van der Waals surface area contributed by atoms with E-state index in [1.165, 1.54) is 4.90 Å². The molecular formula is C15H13N3O2. The van der Waals surface area contributed by atoms with E-state index in [2.05, 4.69) is 10.6 Å². The molecule has 1 heterocycles. The van der Waals surface area contributed by atoms with Gasteiger partial charge in [0.05, 0.1) is 11.4 Å². The summed E-state index contributed by atoms with van der Waals surface area (Å²) in [5.74, 6) is -0.202. The lowest BCUT2D eigenvalue weighted by molar-refractivity contribution is -0.115. The summed E-state index contributed by atoms with van der Waals surface area (Å²) in [7, 11) is 0. The summed E-state index contributed by atoms with van der Waals surface area (Å²) in [6.07, 6.45) is 0. The number of para-hydroxylation sites is 3. The van der Waals surface area contributed by atoms with Crippen LogP contribution < -0.4 is 15.5 Å². The molecular weight excluding hydrogens is 254 g/mol. The topological polar surface area (TPSA) is 61.4 Å². The van der Waals surface area contributed by atoms with Crippen LogP contribution in [0.1, 0.15) is 0 Å². The van der Waals surface area contributed by atoms with Crippen LogP contribution in [0.25, 0.3) is 0 Å². The molecule has 5 nitrogen and oxygen atoms in total. The van der Waals surface area contributed by atoms with Crippen LogP contribution >= 0.6 is 0 Å². The van der Waals surface area contributed by atoms with Gasteiger partial charge in [0.2, 0.25) is 5.91 Å². The Hall–Kier alpha value is -2.82. The lowest BCUT2D eigenvalue weighted by atomic mass is 10.2. The lowest BCUT2D eigenvalue weighted by Crippen LogP contribution is -2.44. The predicted octanol–water partition coefficient (Wildman–Crippen LogP) is 2.68. The second kappa shape index (κ2) is 5.05. The van der Waals surface area contributed by atoms with Crippen molar-refractivity contribution < 1.29 is 9.59 Å². The Bertz CT molecular complexity index is 655. The first-order chi connectivity index (χ1) is 9.74. The molecule has 0 unspecified atom stereocenters. The highest BCUT2D eigenvalue weighted by atomic mass is 16.2. The van der Waals surface area contributed by atoms with Gasteiger partial charge >= 0.3 is 6.03 Å². The van der Waals surface area contributed by atoms with Crippen LogP contribution in [-0.4, -0.2) is 18.5 Å². The van der Waals surface area contributed by atoms with Crippen molar-refractivity contribution in [3.63, 3.8) is 0 Å². The fourth-order valence-electron chi connectivity index (χ4n) is 2.13. The molecule has 0 bridgehead atoms. The van der Waals surface area contributed by atoms with E-state index >= 15 is 0 Å². The highest BCUT2D eigenvalue weighted by Gasteiger charge is 2.26. The van der Waals surface area contributed by atoms with Crippen LogP contribution in [0, 0.1) is 0 Å². The van der Waals surface area contributed by atoms with Crippen LogP contribution in [0.3, 0.4) is 0 Å². The fraction of sp³-hybridized carbons (Fsp3) is 0.0667. The maximum absolute atomic E-state index is 12.3. The van der Waals surface area contributed by atoms with Crippen molar-refractivity contribution in [2.75, 3.05) is 22.1 Å². The van der Waals surface area contributed by atoms with Gasteiger partial charge in [-0.3, -0.25) is 9.69 Å². The maximum Gasteiger partial charge on any atom is 0.326 e. The van der Waals surface area contributed by atoms with E-state index < -0.39 is 0 Å². The average Bonchev–Trinajstić information content (AvgIpc) is 2.47. The molecule has 0 aliphatic carbocycles. The predicted molar refractivity (Wildman–Crippen MR) is 77.9 cm³/mol. The summed E-state index contributed by atoms with van der Waals surface area (Å²) in [4.78, 5) is 25.4. The Morgan fingerprint density at radius 3 is 2.55 bits per heavy atom. The van der Waals surface area contributed by atoms with Crippen LogP contribution in [0.5, 0.6) is 0 Å². The van der Waals surface area contributed by atoms with Gasteiger partial charge in [-0.15, -0.1) is 0 Å². The van der Waals surface area contributed by atoms with Gasteiger partial charge in [-0.05, 0) is 24.3 Å². The highest BCUT2D eigenvalue weighted by molar-refractivity contribution is 6.12. The second-order valence-corrected chi connectivity index (χ2v) is 4.45. The minimum atomic E-state index is -0.321. The maximum atomic E-state index is 12.3. The number of carbonyl (C=O) groups is 2. The molecule has 2 N–H and O–H groups in total. The standard InChI is InChI=1S/C15H13N3O2/c19-14-10-18(13-9-5-4-8-12(13)17-14)15(20)16-11-6-2-1-3-7-11/h1-9H,10H2,(H,16,20)(H,17,19).